The van der Waals surface area contributed by atoms with Crippen LogP contribution in [0.4, 0.5) is 13.2 Å². The van der Waals surface area contributed by atoms with Gasteiger partial charge in [-0.2, -0.15) is 13.2 Å². The van der Waals surface area contributed by atoms with Gasteiger partial charge in [-0.15, -0.1) is 0 Å². The maximum absolute atomic E-state index is 12.8. The van der Waals surface area contributed by atoms with E-state index < -0.39 is 45.6 Å². The zero-order valence-electron chi connectivity index (χ0n) is 24.3. The molecule has 0 fully saturated rings. The number of hydrogen-bond donors (Lipinski definition) is 7. The third-order valence-corrected chi connectivity index (χ3v) is 6.71. The Labute approximate surface area is 253 Å². The summed E-state index contributed by atoms with van der Waals surface area (Å²) in [6.07, 6.45) is -5.08. The highest BCUT2D eigenvalue weighted by atomic mass is 32.2. The second-order valence-electron chi connectivity index (χ2n) is 10.3. The number of nitrogens with one attached hydrogen (secondary N) is 4. The van der Waals surface area contributed by atoms with Crippen molar-refractivity contribution in [1.82, 2.24) is 15.4 Å². The van der Waals surface area contributed by atoms with Gasteiger partial charge in [0, 0.05) is 18.7 Å². The molecule has 0 heterocycles. The summed E-state index contributed by atoms with van der Waals surface area (Å²) in [5, 5.41) is 19.7. The first-order valence-corrected chi connectivity index (χ1v) is 14.6. The molecule has 0 aromatic heterocycles. The van der Waals surface area contributed by atoms with Gasteiger partial charge < -0.3 is 31.9 Å². The molecule has 0 bridgehead atoms. The van der Waals surface area contributed by atoms with Gasteiger partial charge in [0.1, 0.15) is 11.9 Å². The van der Waals surface area contributed by atoms with Gasteiger partial charge in [-0.05, 0) is 37.5 Å². The first kappa shape index (κ1) is 38.0. The van der Waals surface area contributed by atoms with Crippen molar-refractivity contribution in [3.8, 4) is 0 Å². The van der Waals surface area contributed by atoms with Crippen molar-refractivity contribution in [3.05, 3.63) is 70.8 Å². The first-order chi connectivity index (χ1) is 20.2. The van der Waals surface area contributed by atoms with Gasteiger partial charge in [0.05, 0.1) is 24.5 Å². The number of rotatable bonds is 13. The first-order valence-electron chi connectivity index (χ1n) is 12.9. The average molecular weight is 647 g/mol. The third-order valence-electron chi connectivity index (χ3n) is 5.36. The lowest BCUT2D eigenvalue weighted by Gasteiger charge is -2.24. The zero-order valence-corrected chi connectivity index (χ0v) is 25.1. The standard InChI is InChI=1S/C25H36N6O5S.C2HF3O2/c1-25(2,3)36-15-21(31-37(34,35)16-19-6-4-17(12-26)5-7-19)24(33)30-14-22(32)29-13-18-8-10-20(11-9-18)23(27)28;3-2(4,5)1(6)7/h4-11,21,31H,12-16,26H2,1-3H3,(H3,27,28)(H,29,32)(H,30,33);(H,6,7)/t21-;/m1./s1. The molecule has 0 saturated carbocycles. The van der Waals surface area contributed by atoms with Crippen LogP contribution in [0.2, 0.25) is 0 Å². The molecule has 244 valence electrons. The van der Waals surface area contributed by atoms with Crippen LogP contribution in [0.5, 0.6) is 0 Å². The van der Waals surface area contributed by atoms with E-state index in [4.69, 9.17) is 31.5 Å². The SMILES string of the molecule is CC(C)(C)OC[C@@H](NS(=O)(=O)Cc1ccc(CN)cc1)C(=O)NCC(=O)NCc1ccc(C(=N)N)cc1.O=C(O)C(F)(F)F. The van der Waals surface area contributed by atoms with E-state index in [1.165, 1.54) is 0 Å². The van der Waals surface area contributed by atoms with E-state index in [-0.39, 0.29) is 31.3 Å². The number of carbonyl (C=O) groups is 3. The van der Waals surface area contributed by atoms with Gasteiger partial charge in [0.25, 0.3) is 0 Å². The molecular weight excluding hydrogens is 609 g/mol. The molecule has 44 heavy (non-hydrogen) atoms. The summed E-state index contributed by atoms with van der Waals surface area (Å²) in [6.45, 7) is 5.34. The summed E-state index contributed by atoms with van der Waals surface area (Å²) in [5.74, 6) is -4.29. The molecule has 17 heteroatoms. The van der Waals surface area contributed by atoms with E-state index in [0.29, 0.717) is 17.7 Å². The highest BCUT2D eigenvalue weighted by Gasteiger charge is 2.38. The van der Waals surface area contributed by atoms with Gasteiger partial charge in [-0.1, -0.05) is 48.5 Å². The minimum Gasteiger partial charge on any atom is -0.475 e. The fourth-order valence-corrected chi connectivity index (χ4v) is 4.43. The van der Waals surface area contributed by atoms with E-state index in [0.717, 1.165) is 11.1 Å². The number of benzene rings is 2. The van der Waals surface area contributed by atoms with Crippen LogP contribution in [-0.2, 0) is 48.0 Å². The van der Waals surface area contributed by atoms with Crippen molar-refractivity contribution in [2.24, 2.45) is 11.5 Å². The Morgan fingerprint density at radius 3 is 1.91 bits per heavy atom. The van der Waals surface area contributed by atoms with Gasteiger partial charge in [-0.3, -0.25) is 15.0 Å². The van der Waals surface area contributed by atoms with Crippen molar-refractivity contribution >= 4 is 33.6 Å². The summed E-state index contributed by atoms with van der Waals surface area (Å²) >= 11 is 0. The summed E-state index contributed by atoms with van der Waals surface area (Å²) in [6, 6.07) is 12.4. The van der Waals surface area contributed by atoms with E-state index in [1.807, 2.05) is 0 Å². The van der Waals surface area contributed by atoms with Crippen molar-refractivity contribution in [2.45, 2.75) is 57.4 Å². The number of nitrogens with two attached hydrogens (primary N) is 2. The van der Waals surface area contributed by atoms with Gasteiger partial charge >= 0.3 is 12.1 Å². The molecule has 0 radical (unpaired) electrons. The van der Waals surface area contributed by atoms with Gasteiger partial charge in [0.2, 0.25) is 21.8 Å². The van der Waals surface area contributed by atoms with E-state index in [9.17, 15) is 31.2 Å². The number of amidine groups is 1. The molecule has 0 aliphatic rings. The maximum Gasteiger partial charge on any atom is 0.490 e. The molecule has 0 aliphatic heterocycles. The van der Waals surface area contributed by atoms with E-state index in [1.54, 1.807) is 69.3 Å². The Morgan fingerprint density at radius 1 is 0.955 bits per heavy atom. The number of sulfonamides is 1. The Kier molecular flexibility index (Phi) is 14.4. The average Bonchev–Trinajstić information content (AvgIpc) is 2.92. The quantitative estimate of drug-likeness (QED) is 0.122. The lowest BCUT2D eigenvalue weighted by Crippen LogP contribution is -2.52. The summed E-state index contributed by atoms with van der Waals surface area (Å²) in [4.78, 5) is 34.0. The van der Waals surface area contributed by atoms with Crippen LogP contribution in [0.1, 0.15) is 43.0 Å². The minimum absolute atomic E-state index is 0.0524. The van der Waals surface area contributed by atoms with Crippen LogP contribution < -0.4 is 26.8 Å². The van der Waals surface area contributed by atoms with Crippen molar-refractivity contribution in [1.29, 1.82) is 5.41 Å². The van der Waals surface area contributed by atoms with Gasteiger partial charge in [0.15, 0.2) is 0 Å². The Morgan fingerprint density at radius 2 is 1.45 bits per heavy atom. The second kappa shape index (κ2) is 16.7. The Balaban J connectivity index is 0.00000123. The number of carboxylic acid groups (broad SMARTS) is 1. The number of aliphatic carboxylic acids is 1. The second-order valence-corrected chi connectivity index (χ2v) is 12.0. The zero-order chi connectivity index (χ0) is 33.7. The van der Waals surface area contributed by atoms with Crippen molar-refractivity contribution in [2.75, 3.05) is 13.2 Å². The smallest absolute Gasteiger partial charge is 0.475 e. The van der Waals surface area contributed by atoms with Crippen LogP contribution in [-0.4, -0.2) is 68.1 Å². The van der Waals surface area contributed by atoms with Crippen molar-refractivity contribution in [3.63, 3.8) is 0 Å². The summed E-state index contributed by atoms with van der Waals surface area (Å²) < 4.78 is 65.3. The molecule has 1 atom stereocenters. The third kappa shape index (κ3) is 15.4. The normalized spacial score (nSPS) is 12.3. The number of halogens is 3. The van der Waals surface area contributed by atoms with Crippen molar-refractivity contribution < 1.29 is 45.8 Å². The molecule has 2 amide bonds. The molecule has 2 rings (SSSR count). The topological polar surface area (TPSA) is 227 Å². The number of alkyl halides is 3. The van der Waals surface area contributed by atoms with Crippen LogP contribution in [0.15, 0.2) is 48.5 Å². The van der Waals surface area contributed by atoms with Crippen LogP contribution >= 0.6 is 0 Å². The molecular formula is C27H37F3N6O7S. The number of carbonyl (C=O) groups excluding carboxylic acids is 2. The fraction of sp³-hybridized carbons (Fsp3) is 0.407. The molecule has 0 unspecified atom stereocenters. The highest BCUT2D eigenvalue weighted by molar-refractivity contribution is 7.88. The predicted octanol–water partition coefficient (Wildman–Crippen LogP) is 1.10. The van der Waals surface area contributed by atoms with Crippen LogP contribution in [0.3, 0.4) is 0 Å². The minimum atomic E-state index is -5.08. The summed E-state index contributed by atoms with van der Waals surface area (Å²) in [5.41, 5.74) is 13.2. The highest BCUT2D eigenvalue weighted by Crippen LogP contribution is 2.13. The predicted molar refractivity (Wildman–Crippen MR) is 156 cm³/mol. The number of amides is 2. The lowest BCUT2D eigenvalue weighted by molar-refractivity contribution is -0.192. The van der Waals surface area contributed by atoms with E-state index >= 15 is 0 Å². The largest absolute Gasteiger partial charge is 0.490 e. The molecule has 0 saturated heterocycles. The Hall–Kier alpha value is -4.06. The molecule has 9 N–H and O–H groups in total. The summed E-state index contributed by atoms with van der Waals surface area (Å²) in [7, 11) is -3.91. The van der Waals surface area contributed by atoms with E-state index in [2.05, 4.69) is 15.4 Å². The monoisotopic (exact) mass is 646 g/mol. The lowest BCUT2D eigenvalue weighted by atomic mass is 10.1. The molecule has 0 spiro atoms. The number of ether oxygens (including phenoxy) is 1. The molecule has 2 aromatic rings. The molecule has 2 aromatic carbocycles. The number of carboxylic acids is 1. The molecule has 0 aliphatic carbocycles. The van der Waals surface area contributed by atoms with Gasteiger partial charge in [-0.25, -0.2) is 17.9 Å². The number of nitrogen functional groups attached to an aromatic ring is 1. The number of hydrogen-bond acceptors (Lipinski definition) is 8. The van der Waals surface area contributed by atoms with Crippen LogP contribution in [0, 0.1) is 5.41 Å². The fourth-order valence-electron chi connectivity index (χ4n) is 3.10. The maximum atomic E-state index is 12.8. The Bertz CT molecular complexity index is 1380. The molecule has 13 nitrogen and oxygen atoms in total. The van der Waals surface area contributed by atoms with Crippen LogP contribution in [0.25, 0.3) is 0 Å².